The van der Waals surface area contributed by atoms with Crippen molar-refractivity contribution >= 4 is 28.6 Å². The highest BCUT2D eigenvalue weighted by Crippen LogP contribution is 2.22. The summed E-state index contributed by atoms with van der Waals surface area (Å²) >= 11 is 1.51. The molecule has 3 aromatic rings. The first-order chi connectivity index (χ1) is 11.3. The monoisotopic (exact) mass is 342 g/mol. The van der Waals surface area contributed by atoms with Crippen molar-refractivity contribution in [1.29, 1.82) is 0 Å². The Morgan fingerprint density at radius 3 is 2.52 bits per heavy atom. The molecule has 0 aliphatic rings. The quantitative estimate of drug-likeness (QED) is 0.698. The summed E-state index contributed by atoms with van der Waals surface area (Å²) in [5, 5.41) is 2.82. The van der Waals surface area contributed by atoms with Gasteiger partial charge in [-0.15, -0.1) is 11.3 Å². The van der Waals surface area contributed by atoms with E-state index >= 15 is 0 Å². The Morgan fingerprint density at radius 1 is 1.09 bits per heavy atom. The zero-order chi connectivity index (χ0) is 16.1. The molecule has 0 spiro atoms. The van der Waals surface area contributed by atoms with Gasteiger partial charge in [-0.25, -0.2) is 13.9 Å². The number of hydrogen-bond donors (Lipinski definition) is 1. The van der Waals surface area contributed by atoms with Crippen molar-refractivity contribution in [2.75, 3.05) is 0 Å². The van der Waals surface area contributed by atoms with Crippen molar-refractivity contribution in [3.63, 3.8) is 0 Å². The number of nitrogens with zero attached hydrogens (tertiary/aromatic N) is 1. The summed E-state index contributed by atoms with van der Waals surface area (Å²) in [6.45, 7) is 0.443. The highest BCUT2D eigenvalue weighted by Gasteiger charge is 2.07. The van der Waals surface area contributed by atoms with E-state index in [0.29, 0.717) is 12.1 Å². The van der Waals surface area contributed by atoms with E-state index in [1.807, 2.05) is 47.8 Å². The highest BCUT2D eigenvalue weighted by molar-refractivity contribution is 7.83. The van der Waals surface area contributed by atoms with Crippen LogP contribution in [0.15, 0.2) is 64.9 Å². The molecular weight excluding hydrogens is 328 g/mol. The van der Waals surface area contributed by atoms with Gasteiger partial charge < -0.3 is 0 Å². The molecule has 0 aliphatic heterocycles. The summed E-state index contributed by atoms with van der Waals surface area (Å²) in [5.74, 6) is 0. The number of carbonyl (C=O) groups excluding carboxylic acids is 1. The lowest BCUT2D eigenvalue weighted by atomic mass is 10.1. The molecule has 1 unspecified atom stereocenters. The van der Waals surface area contributed by atoms with Crippen molar-refractivity contribution in [2.45, 2.75) is 11.4 Å². The molecule has 0 radical (unpaired) electrons. The van der Waals surface area contributed by atoms with Gasteiger partial charge in [0.15, 0.2) is 0 Å². The van der Waals surface area contributed by atoms with Gasteiger partial charge >= 0.3 is 0 Å². The highest BCUT2D eigenvalue weighted by atomic mass is 32.2. The van der Waals surface area contributed by atoms with Crippen molar-refractivity contribution in [3.05, 3.63) is 70.5 Å². The minimum Gasteiger partial charge on any atom is -0.298 e. The van der Waals surface area contributed by atoms with Gasteiger partial charge in [-0.05, 0) is 12.1 Å². The van der Waals surface area contributed by atoms with Gasteiger partial charge in [0.2, 0.25) is 0 Å². The molecular formula is C17H14N2O2S2. The van der Waals surface area contributed by atoms with Crippen molar-refractivity contribution in [2.24, 2.45) is 0 Å². The van der Waals surface area contributed by atoms with Crippen LogP contribution in [0.1, 0.15) is 15.4 Å². The van der Waals surface area contributed by atoms with Crippen LogP contribution in [0.5, 0.6) is 0 Å². The average Bonchev–Trinajstić information content (AvgIpc) is 3.09. The van der Waals surface area contributed by atoms with E-state index in [1.54, 1.807) is 12.1 Å². The number of carbonyl (C=O) groups is 1. The third-order valence-electron chi connectivity index (χ3n) is 3.21. The molecule has 1 aromatic heterocycles. The van der Waals surface area contributed by atoms with Crippen LogP contribution in [-0.4, -0.2) is 15.5 Å². The number of rotatable bonds is 6. The summed E-state index contributed by atoms with van der Waals surface area (Å²) in [6.07, 6.45) is 0.819. The average molecular weight is 342 g/mol. The number of aldehydes is 1. The molecule has 0 fully saturated rings. The van der Waals surface area contributed by atoms with E-state index in [0.717, 1.165) is 27.4 Å². The summed E-state index contributed by atoms with van der Waals surface area (Å²) in [7, 11) is -1.25. The van der Waals surface area contributed by atoms with Crippen LogP contribution in [0.25, 0.3) is 11.3 Å². The van der Waals surface area contributed by atoms with Crippen LogP contribution >= 0.6 is 11.3 Å². The molecule has 6 heteroatoms. The Balaban J connectivity index is 1.65. The number of benzene rings is 2. The SMILES string of the molecule is O=Cc1ccc(-c2csc(CNS(=O)c3ccccc3)n2)cc1. The molecule has 0 saturated carbocycles. The Labute approximate surface area is 140 Å². The maximum atomic E-state index is 12.1. The fraction of sp³-hybridized carbons (Fsp3) is 0.0588. The predicted octanol–water partition coefficient (Wildman–Crippen LogP) is 3.44. The molecule has 0 bridgehead atoms. The van der Waals surface area contributed by atoms with E-state index in [2.05, 4.69) is 9.71 Å². The van der Waals surface area contributed by atoms with Crippen LogP contribution < -0.4 is 4.72 Å². The second kappa shape index (κ2) is 7.41. The van der Waals surface area contributed by atoms with Gasteiger partial charge in [0.25, 0.3) is 0 Å². The minimum absolute atomic E-state index is 0.443. The molecule has 116 valence electrons. The molecule has 1 N–H and O–H groups in total. The maximum absolute atomic E-state index is 12.1. The number of nitrogens with one attached hydrogen (secondary N) is 1. The van der Waals surface area contributed by atoms with Crippen LogP contribution in [0.3, 0.4) is 0 Å². The lowest BCUT2D eigenvalue weighted by molar-refractivity contribution is 0.112. The van der Waals surface area contributed by atoms with Crippen molar-refractivity contribution in [3.8, 4) is 11.3 Å². The third-order valence-corrected chi connectivity index (χ3v) is 5.16. The number of hydrogen-bond acceptors (Lipinski definition) is 4. The Kier molecular flexibility index (Phi) is 5.07. The third kappa shape index (κ3) is 3.98. The van der Waals surface area contributed by atoms with E-state index in [4.69, 9.17) is 0 Å². The van der Waals surface area contributed by atoms with Crippen LogP contribution in [0.4, 0.5) is 0 Å². The molecule has 4 nitrogen and oxygen atoms in total. The first kappa shape index (κ1) is 15.7. The van der Waals surface area contributed by atoms with Crippen molar-refractivity contribution in [1.82, 2.24) is 9.71 Å². The fourth-order valence-electron chi connectivity index (χ4n) is 2.01. The summed E-state index contributed by atoms with van der Waals surface area (Å²) in [4.78, 5) is 16.0. The molecule has 3 rings (SSSR count). The minimum atomic E-state index is -1.25. The van der Waals surface area contributed by atoms with Gasteiger partial charge in [-0.1, -0.05) is 42.5 Å². The second-order valence-corrected chi connectivity index (χ2v) is 7.01. The van der Waals surface area contributed by atoms with Gasteiger partial charge in [-0.3, -0.25) is 4.79 Å². The lowest BCUT2D eigenvalue weighted by Crippen LogP contribution is -2.16. The smallest absolute Gasteiger partial charge is 0.150 e. The number of aromatic nitrogens is 1. The van der Waals surface area contributed by atoms with Gasteiger partial charge in [0.1, 0.15) is 22.3 Å². The molecule has 23 heavy (non-hydrogen) atoms. The molecule has 1 heterocycles. The zero-order valence-electron chi connectivity index (χ0n) is 12.1. The molecule has 2 aromatic carbocycles. The fourth-order valence-corrected chi connectivity index (χ4v) is 3.69. The largest absolute Gasteiger partial charge is 0.298 e. The molecule has 1 atom stereocenters. The second-order valence-electron chi connectivity index (χ2n) is 4.77. The van der Waals surface area contributed by atoms with E-state index < -0.39 is 11.0 Å². The molecule has 0 aliphatic carbocycles. The van der Waals surface area contributed by atoms with Crippen LogP contribution in [0.2, 0.25) is 0 Å². The van der Waals surface area contributed by atoms with E-state index in [-0.39, 0.29) is 0 Å². The standard InChI is InChI=1S/C17H14N2O2S2/c20-11-13-6-8-14(9-7-13)16-12-22-17(19-16)10-18-23(21)15-4-2-1-3-5-15/h1-9,11-12,18H,10H2. The summed E-state index contributed by atoms with van der Waals surface area (Å²) in [6, 6.07) is 16.5. The summed E-state index contributed by atoms with van der Waals surface area (Å²) < 4.78 is 15.1. The predicted molar refractivity (Wildman–Crippen MR) is 92.6 cm³/mol. The van der Waals surface area contributed by atoms with Crippen molar-refractivity contribution < 1.29 is 9.00 Å². The Bertz CT molecular complexity index is 814. The van der Waals surface area contributed by atoms with Crippen LogP contribution in [0, 0.1) is 0 Å². The topological polar surface area (TPSA) is 59.1 Å². The Morgan fingerprint density at radius 2 is 1.83 bits per heavy atom. The Hall–Kier alpha value is -2.15. The van der Waals surface area contributed by atoms with Gasteiger partial charge in [0, 0.05) is 16.5 Å². The van der Waals surface area contributed by atoms with Crippen LogP contribution in [-0.2, 0) is 17.5 Å². The normalized spacial score (nSPS) is 12.0. The van der Waals surface area contributed by atoms with E-state index in [9.17, 15) is 9.00 Å². The first-order valence-electron chi connectivity index (χ1n) is 6.96. The summed E-state index contributed by atoms with van der Waals surface area (Å²) in [5.41, 5.74) is 2.46. The molecule has 0 saturated heterocycles. The van der Waals surface area contributed by atoms with Gasteiger partial charge in [0.05, 0.1) is 17.1 Å². The first-order valence-corrected chi connectivity index (χ1v) is 8.99. The maximum Gasteiger partial charge on any atom is 0.150 e. The van der Waals surface area contributed by atoms with E-state index in [1.165, 1.54) is 11.3 Å². The number of thiazole rings is 1. The zero-order valence-corrected chi connectivity index (χ0v) is 13.8. The molecule has 0 amide bonds. The lowest BCUT2D eigenvalue weighted by Gasteiger charge is -2.02. The van der Waals surface area contributed by atoms with Gasteiger partial charge in [-0.2, -0.15) is 0 Å².